The Hall–Kier alpha value is -2.24. The largest absolute Gasteiger partial charge is 0.444 e. The smallest absolute Gasteiger partial charge is 0.407 e. The van der Waals surface area contributed by atoms with Gasteiger partial charge in [-0.05, 0) is 63.6 Å². The highest BCUT2D eigenvalue weighted by atomic mass is 16.6. The third-order valence-corrected chi connectivity index (χ3v) is 3.72. The van der Waals surface area contributed by atoms with Gasteiger partial charge in [0.15, 0.2) is 5.96 Å². The second-order valence-corrected chi connectivity index (χ2v) is 6.97. The molecule has 132 valence electrons. The van der Waals surface area contributed by atoms with E-state index in [0.29, 0.717) is 19.0 Å². The molecule has 0 atom stereocenters. The van der Waals surface area contributed by atoms with Crippen molar-refractivity contribution in [3.63, 3.8) is 0 Å². The Morgan fingerprint density at radius 1 is 1.29 bits per heavy atom. The predicted molar refractivity (Wildman–Crippen MR) is 97.4 cm³/mol. The molecule has 0 heterocycles. The first-order valence-corrected chi connectivity index (χ1v) is 8.50. The summed E-state index contributed by atoms with van der Waals surface area (Å²) in [6.07, 6.45) is 4.22. The van der Waals surface area contributed by atoms with Crippen molar-refractivity contribution in [2.24, 2.45) is 10.7 Å². The molecule has 1 amide bonds. The fourth-order valence-corrected chi connectivity index (χ4v) is 2.72. The van der Waals surface area contributed by atoms with Gasteiger partial charge in [0.1, 0.15) is 5.60 Å². The summed E-state index contributed by atoms with van der Waals surface area (Å²) in [6.45, 7) is 6.25. The fraction of sp³-hybridized carbons (Fsp3) is 0.556. The molecule has 0 unspecified atom stereocenters. The first kappa shape index (κ1) is 18.1. The lowest BCUT2D eigenvalue weighted by Gasteiger charge is -2.20. The Kier molecular flexibility index (Phi) is 6.06. The standard InChI is InChI=1S/C18H28N4O2/c1-18(2,3)24-17(23)21-12-11-20-16(19)22-15-10-6-8-13-7-4-5-9-14(13)15/h6,8,10H,4-5,7,9,11-12H2,1-3H3,(H,21,23)(H3,19,20,22). The topological polar surface area (TPSA) is 88.7 Å². The normalized spacial score (nSPS) is 14.7. The van der Waals surface area contributed by atoms with Crippen LogP contribution < -0.4 is 16.4 Å². The number of aliphatic imine (C=N–C) groups is 1. The second kappa shape index (κ2) is 8.04. The molecule has 0 fully saturated rings. The van der Waals surface area contributed by atoms with E-state index in [4.69, 9.17) is 10.5 Å². The number of anilines is 1. The van der Waals surface area contributed by atoms with Crippen LogP contribution in [0.3, 0.4) is 0 Å². The van der Waals surface area contributed by atoms with Gasteiger partial charge >= 0.3 is 6.09 Å². The Morgan fingerprint density at radius 3 is 2.79 bits per heavy atom. The van der Waals surface area contributed by atoms with Crippen molar-refractivity contribution in [2.75, 3.05) is 18.4 Å². The van der Waals surface area contributed by atoms with Gasteiger partial charge in [0, 0.05) is 12.2 Å². The third-order valence-electron chi connectivity index (χ3n) is 3.72. The number of nitrogens with zero attached hydrogens (tertiary/aromatic N) is 1. The number of carbonyl (C=O) groups is 1. The lowest BCUT2D eigenvalue weighted by Crippen LogP contribution is -2.34. The average molecular weight is 332 g/mol. The van der Waals surface area contributed by atoms with Gasteiger partial charge < -0.3 is 21.1 Å². The number of fused-ring (bicyclic) bond motifs is 1. The molecule has 0 bridgehead atoms. The first-order chi connectivity index (χ1) is 11.3. The fourth-order valence-electron chi connectivity index (χ4n) is 2.72. The highest BCUT2D eigenvalue weighted by Gasteiger charge is 2.15. The van der Waals surface area contributed by atoms with Crippen LogP contribution in [-0.4, -0.2) is 30.7 Å². The van der Waals surface area contributed by atoms with E-state index in [9.17, 15) is 4.79 Å². The molecule has 0 radical (unpaired) electrons. The van der Waals surface area contributed by atoms with Crippen molar-refractivity contribution in [1.82, 2.24) is 5.32 Å². The molecular formula is C18H28N4O2. The maximum absolute atomic E-state index is 11.5. The summed E-state index contributed by atoms with van der Waals surface area (Å²) in [7, 11) is 0. The molecular weight excluding hydrogens is 304 g/mol. The van der Waals surface area contributed by atoms with Crippen LogP contribution in [0.15, 0.2) is 23.2 Å². The van der Waals surface area contributed by atoms with Crippen LogP contribution in [0.2, 0.25) is 0 Å². The van der Waals surface area contributed by atoms with Crippen molar-refractivity contribution >= 4 is 17.7 Å². The van der Waals surface area contributed by atoms with Gasteiger partial charge in [0.25, 0.3) is 0 Å². The predicted octanol–water partition coefficient (Wildman–Crippen LogP) is 2.82. The molecule has 0 aliphatic heterocycles. The van der Waals surface area contributed by atoms with E-state index in [2.05, 4.69) is 21.7 Å². The molecule has 6 heteroatoms. The third kappa shape index (κ3) is 5.76. The number of hydrogen-bond donors (Lipinski definition) is 3. The highest BCUT2D eigenvalue weighted by Crippen LogP contribution is 2.27. The van der Waals surface area contributed by atoms with Gasteiger partial charge in [-0.2, -0.15) is 0 Å². The van der Waals surface area contributed by atoms with E-state index in [1.807, 2.05) is 32.9 Å². The number of alkyl carbamates (subject to hydrolysis) is 1. The van der Waals surface area contributed by atoms with Crippen LogP contribution >= 0.6 is 0 Å². The summed E-state index contributed by atoms with van der Waals surface area (Å²) < 4.78 is 5.16. The lowest BCUT2D eigenvalue weighted by molar-refractivity contribution is 0.0529. The van der Waals surface area contributed by atoms with E-state index < -0.39 is 11.7 Å². The Labute approximate surface area is 143 Å². The zero-order valence-corrected chi connectivity index (χ0v) is 14.8. The van der Waals surface area contributed by atoms with Crippen LogP contribution in [0, 0.1) is 0 Å². The van der Waals surface area contributed by atoms with Gasteiger partial charge in [-0.3, -0.25) is 4.99 Å². The van der Waals surface area contributed by atoms with Crippen LogP contribution in [0.5, 0.6) is 0 Å². The Balaban J connectivity index is 1.81. The highest BCUT2D eigenvalue weighted by molar-refractivity contribution is 5.93. The molecule has 0 saturated heterocycles. The first-order valence-electron chi connectivity index (χ1n) is 8.50. The molecule has 4 N–H and O–H groups in total. The van der Waals surface area contributed by atoms with Crippen molar-refractivity contribution < 1.29 is 9.53 Å². The SMILES string of the molecule is CC(C)(C)OC(=O)NCCN=C(N)Nc1cccc2c1CCCC2. The number of guanidine groups is 1. The van der Waals surface area contributed by atoms with Gasteiger partial charge in [-0.25, -0.2) is 4.79 Å². The molecule has 2 rings (SSSR count). The van der Waals surface area contributed by atoms with Crippen LogP contribution in [0.25, 0.3) is 0 Å². The Morgan fingerprint density at radius 2 is 2.04 bits per heavy atom. The number of nitrogens with one attached hydrogen (secondary N) is 2. The monoisotopic (exact) mass is 332 g/mol. The van der Waals surface area contributed by atoms with E-state index in [0.717, 1.165) is 18.5 Å². The van der Waals surface area contributed by atoms with E-state index in [1.165, 1.54) is 24.0 Å². The lowest BCUT2D eigenvalue weighted by atomic mass is 9.90. The summed E-state index contributed by atoms with van der Waals surface area (Å²) in [4.78, 5) is 15.8. The minimum Gasteiger partial charge on any atom is -0.444 e. The van der Waals surface area contributed by atoms with Crippen molar-refractivity contribution in [3.05, 3.63) is 29.3 Å². The van der Waals surface area contributed by atoms with E-state index in [1.54, 1.807) is 0 Å². The van der Waals surface area contributed by atoms with Gasteiger partial charge in [0.2, 0.25) is 0 Å². The van der Waals surface area contributed by atoms with E-state index in [-0.39, 0.29) is 0 Å². The van der Waals surface area contributed by atoms with Gasteiger partial charge in [0.05, 0.1) is 6.54 Å². The quantitative estimate of drug-likeness (QED) is 0.449. The molecule has 1 aliphatic carbocycles. The summed E-state index contributed by atoms with van der Waals surface area (Å²) in [5.74, 6) is 0.361. The summed E-state index contributed by atoms with van der Waals surface area (Å²) >= 11 is 0. The number of amides is 1. The van der Waals surface area contributed by atoms with Crippen molar-refractivity contribution in [1.29, 1.82) is 0 Å². The molecule has 0 saturated carbocycles. The maximum atomic E-state index is 11.5. The van der Waals surface area contributed by atoms with Crippen LogP contribution in [0.4, 0.5) is 10.5 Å². The van der Waals surface area contributed by atoms with E-state index >= 15 is 0 Å². The number of hydrogen-bond acceptors (Lipinski definition) is 3. The van der Waals surface area contributed by atoms with Crippen LogP contribution in [-0.2, 0) is 17.6 Å². The summed E-state index contributed by atoms with van der Waals surface area (Å²) in [5.41, 5.74) is 9.22. The summed E-state index contributed by atoms with van der Waals surface area (Å²) in [5, 5.41) is 5.84. The molecule has 24 heavy (non-hydrogen) atoms. The number of aryl methyl sites for hydroxylation is 1. The number of nitrogens with two attached hydrogens (primary N) is 1. The zero-order chi connectivity index (χ0) is 17.6. The number of ether oxygens (including phenoxy) is 1. The number of benzene rings is 1. The molecule has 6 nitrogen and oxygen atoms in total. The van der Waals surface area contributed by atoms with Gasteiger partial charge in [-0.15, -0.1) is 0 Å². The number of rotatable bonds is 4. The maximum Gasteiger partial charge on any atom is 0.407 e. The molecule has 1 aliphatic rings. The minimum atomic E-state index is -0.500. The van der Waals surface area contributed by atoms with Crippen molar-refractivity contribution in [2.45, 2.75) is 52.1 Å². The minimum absolute atomic E-state index is 0.361. The average Bonchev–Trinajstić information content (AvgIpc) is 2.50. The molecule has 1 aromatic rings. The van der Waals surface area contributed by atoms with Gasteiger partial charge in [-0.1, -0.05) is 12.1 Å². The molecule has 1 aromatic carbocycles. The molecule has 0 aromatic heterocycles. The number of carbonyl (C=O) groups excluding carboxylic acids is 1. The van der Waals surface area contributed by atoms with Crippen molar-refractivity contribution in [3.8, 4) is 0 Å². The second-order valence-electron chi connectivity index (χ2n) is 6.97. The Bertz CT molecular complexity index is 606. The van der Waals surface area contributed by atoms with Crippen LogP contribution in [0.1, 0.15) is 44.7 Å². The molecule has 0 spiro atoms. The zero-order valence-electron chi connectivity index (χ0n) is 14.8. The summed E-state index contributed by atoms with van der Waals surface area (Å²) in [6, 6.07) is 6.26.